The van der Waals surface area contributed by atoms with Gasteiger partial charge in [-0.2, -0.15) is 0 Å². The van der Waals surface area contributed by atoms with E-state index in [1.54, 1.807) is 20.3 Å². The minimum absolute atomic E-state index is 0.115. The number of likely N-dealkylation sites (tertiary alicyclic amines) is 1. The largest absolute Gasteiger partial charge is 0.497 e. The Kier molecular flexibility index (Phi) is 5.23. The monoisotopic (exact) mass is 345 g/mol. The van der Waals surface area contributed by atoms with Crippen LogP contribution >= 0.6 is 0 Å². The Morgan fingerprint density at radius 2 is 2.20 bits per heavy atom. The third kappa shape index (κ3) is 3.93. The van der Waals surface area contributed by atoms with Crippen molar-refractivity contribution < 1.29 is 18.8 Å². The van der Waals surface area contributed by atoms with Crippen LogP contribution in [0.3, 0.4) is 0 Å². The molecule has 7 nitrogen and oxygen atoms in total. The molecule has 1 aliphatic rings. The maximum atomic E-state index is 12.3. The maximum Gasteiger partial charge on any atom is 0.240 e. The molecule has 1 atom stereocenters. The van der Waals surface area contributed by atoms with Gasteiger partial charge in [0, 0.05) is 23.7 Å². The van der Waals surface area contributed by atoms with Crippen LogP contribution in [0, 0.1) is 6.92 Å². The number of carbonyl (C=O) groups excluding carboxylic acids is 1. The number of hydrogen-bond donors (Lipinski definition) is 1. The van der Waals surface area contributed by atoms with Crippen molar-refractivity contribution in [2.45, 2.75) is 25.8 Å². The molecule has 1 N–H and O–H groups in total. The van der Waals surface area contributed by atoms with Gasteiger partial charge in [0.1, 0.15) is 11.5 Å². The number of hydrogen-bond acceptors (Lipinski definition) is 6. The zero-order valence-corrected chi connectivity index (χ0v) is 14.7. The molecule has 1 aliphatic heterocycles. The number of carbonyl (C=O) groups is 1. The Labute approximate surface area is 146 Å². The van der Waals surface area contributed by atoms with Crippen molar-refractivity contribution in [3.05, 3.63) is 35.5 Å². The standard InChI is InChI=1S/C18H23N3O4/c1-12-9-18(25-20-12)19-17(22)11-21-8-4-5-15(21)14-7-6-13(23-2)10-16(14)24-3/h6-7,9-10,15H,4-5,8,11H2,1-3H3,(H,19,22)/t15-/m1/s1. The Hall–Kier alpha value is -2.54. The number of methoxy groups -OCH3 is 2. The van der Waals surface area contributed by atoms with Gasteiger partial charge in [-0.15, -0.1) is 0 Å². The molecule has 0 spiro atoms. The molecule has 2 aromatic rings. The highest BCUT2D eigenvalue weighted by Crippen LogP contribution is 2.38. The molecule has 134 valence electrons. The fourth-order valence-electron chi connectivity index (χ4n) is 3.25. The first-order valence-corrected chi connectivity index (χ1v) is 8.30. The number of nitrogens with zero attached hydrogens (tertiary/aromatic N) is 2. The van der Waals surface area contributed by atoms with E-state index < -0.39 is 0 Å². The molecular weight excluding hydrogens is 322 g/mol. The van der Waals surface area contributed by atoms with Crippen molar-refractivity contribution in [2.75, 3.05) is 32.6 Å². The Morgan fingerprint density at radius 1 is 1.36 bits per heavy atom. The molecule has 3 rings (SSSR count). The second-order valence-corrected chi connectivity index (χ2v) is 6.12. The number of anilines is 1. The van der Waals surface area contributed by atoms with Crippen molar-refractivity contribution in [1.82, 2.24) is 10.1 Å². The molecule has 2 heterocycles. The molecule has 25 heavy (non-hydrogen) atoms. The number of amides is 1. The number of aryl methyl sites for hydroxylation is 1. The van der Waals surface area contributed by atoms with Gasteiger partial charge in [0.15, 0.2) is 0 Å². The molecule has 1 saturated heterocycles. The van der Waals surface area contributed by atoms with E-state index >= 15 is 0 Å². The van der Waals surface area contributed by atoms with Crippen LogP contribution in [0.4, 0.5) is 5.88 Å². The lowest BCUT2D eigenvalue weighted by Crippen LogP contribution is -2.33. The molecule has 0 saturated carbocycles. The molecule has 0 radical (unpaired) electrons. The quantitative estimate of drug-likeness (QED) is 0.867. The second-order valence-electron chi connectivity index (χ2n) is 6.12. The van der Waals surface area contributed by atoms with Gasteiger partial charge in [-0.3, -0.25) is 15.0 Å². The molecule has 0 bridgehead atoms. The number of benzene rings is 1. The van der Waals surface area contributed by atoms with Crippen LogP contribution in [-0.4, -0.2) is 43.3 Å². The summed E-state index contributed by atoms with van der Waals surface area (Å²) in [5.74, 6) is 1.79. The van der Waals surface area contributed by atoms with Crippen LogP contribution in [0.1, 0.15) is 30.1 Å². The van der Waals surface area contributed by atoms with Crippen LogP contribution in [0.25, 0.3) is 0 Å². The van der Waals surface area contributed by atoms with Crippen molar-refractivity contribution in [1.29, 1.82) is 0 Å². The smallest absolute Gasteiger partial charge is 0.240 e. The summed E-state index contributed by atoms with van der Waals surface area (Å²) in [6.07, 6.45) is 2.02. The average molecular weight is 345 g/mol. The normalized spacial score (nSPS) is 17.5. The van der Waals surface area contributed by atoms with Crippen molar-refractivity contribution in [3.8, 4) is 11.5 Å². The molecular formula is C18H23N3O4. The summed E-state index contributed by atoms with van der Waals surface area (Å²) in [4.78, 5) is 14.5. The highest BCUT2D eigenvalue weighted by Gasteiger charge is 2.30. The van der Waals surface area contributed by atoms with Gasteiger partial charge in [0.25, 0.3) is 0 Å². The Bertz CT molecular complexity index is 744. The molecule has 1 aromatic heterocycles. The summed E-state index contributed by atoms with van der Waals surface area (Å²) in [7, 11) is 3.28. The average Bonchev–Trinajstić information content (AvgIpc) is 3.23. The summed E-state index contributed by atoms with van der Waals surface area (Å²) >= 11 is 0. The fraction of sp³-hybridized carbons (Fsp3) is 0.444. The molecule has 1 fully saturated rings. The van der Waals surface area contributed by atoms with E-state index in [2.05, 4.69) is 15.4 Å². The summed E-state index contributed by atoms with van der Waals surface area (Å²) in [6.45, 7) is 2.97. The first-order valence-electron chi connectivity index (χ1n) is 8.30. The first-order chi connectivity index (χ1) is 12.1. The molecule has 1 aromatic carbocycles. The number of ether oxygens (including phenoxy) is 2. The van der Waals surface area contributed by atoms with Gasteiger partial charge in [-0.25, -0.2) is 0 Å². The van der Waals surface area contributed by atoms with Crippen LogP contribution in [0.15, 0.2) is 28.8 Å². The minimum atomic E-state index is -0.115. The molecule has 7 heteroatoms. The maximum absolute atomic E-state index is 12.3. The summed E-state index contributed by atoms with van der Waals surface area (Å²) in [6, 6.07) is 7.65. The number of rotatable bonds is 6. The molecule has 0 unspecified atom stereocenters. The zero-order chi connectivity index (χ0) is 17.8. The first kappa shape index (κ1) is 17.3. The van der Waals surface area contributed by atoms with Crippen LogP contribution in [0.2, 0.25) is 0 Å². The lowest BCUT2D eigenvalue weighted by atomic mass is 10.0. The second kappa shape index (κ2) is 7.57. The van der Waals surface area contributed by atoms with Gasteiger partial charge >= 0.3 is 0 Å². The Balaban J connectivity index is 1.71. The van der Waals surface area contributed by atoms with Gasteiger partial charge in [0.2, 0.25) is 11.8 Å². The van der Waals surface area contributed by atoms with E-state index in [4.69, 9.17) is 14.0 Å². The van der Waals surface area contributed by atoms with Gasteiger partial charge in [-0.05, 0) is 32.4 Å². The lowest BCUT2D eigenvalue weighted by Gasteiger charge is -2.25. The Morgan fingerprint density at radius 3 is 2.88 bits per heavy atom. The van der Waals surface area contributed by atoms with Gasteiger partial charge in [-0.1, -0.05) is 11.2 Å². The van der Waals surface area contributed by atoms with Crippen LogP contribution in [0.5, 0.6) is 11.5 Å². The fourth-order valence-corrected chi connectivity index (χ4v) is 3.25. The van der Waals surface area contributed by atoms with Gasteiger partial charge in [0.05, 0.1) is 26.5 Å². The third-order valence-corrected chi connectivity index (χ3v) is 4.40. The van der Waals surface area contributed by atoms with E-state index in [0.29, 0.717) is 12.4 Å². The predicted octanol–water partition coefficient (Wildman–Crippen LogP) is 2.78. The minimum Gasteiger partial charge on any atom is -0.497 e. The highest BCUT2D eigenvalue weighted by atomic mass is 16.5. The summed E-state index contributed by atoms with van der Waals surface area (Å²) in [5, 5.41) is 6.52. The van der Waals surface area contributed by atoms with E-state index in [-0.39, 0.29) is 11.9 Å². The van der Waals surface area contributed by atoms with Crippen molar-refractivity contribution in [3.63, 3.8) is 0 Å². The zero-order valence-electron chi connectivity index (χ0n) is 14.7. The number of nitrogens with one attached hydrogen (secondary N) is 1. The topological polar surface area (TPSA) is 76.8 Å². The van der Waals surface area contributed by atoms with E-state index in [9.17, 15) is 4.79 Å². The summed E-state index contributed by atoms with van der Waals surface area (Å²) in [5.41, 5.74) is 1.81. The third-order valence-electron chi connectivity index (χ3n) is 4.40. The lowest BCUT2D eigenvalue weighted by molar-refractivity contribution is -0.117. The van der Waals surface area contributed by atoms with Crippen molar-refractivity contribution >= 4 is 11.8 Å². The molecule has 1 amide bonds. The highest BCUT2D eigenvalue weighted by molar-refractivity contribution is 5.91. The molecule has 0 aliphatic carbocycles. The van der Waals surface area contributed by atoms with Crippen LogP contribution < -0.4 is 14.8 Å². The van der Waals surface area contributed by atoms with Gasteiger partial charge < -0.3 is 14.0 Å². The number of aromatic nitrogens is 1. The SMILES string of the molecule is COc1ccc([C@H]2CCCN2CC(=O)Nc2cc(C)no2)c(OC)c1. The van der Waals surface area contributed by atoms with E-state index in [1.165, 1.54) is 0 Å². The van der Waals surface area contributed by atoms with E-state index in [0.717, 1.165) is 42.1 Å². The summed E-state index contributed by atoms with van der Waals surface area (Å²) < 4.78 is 15.8. The van der Waals surface area contributed by atoms with E-state index in [1.807, 2.05) is 25.1 Å². The predicted molar refractivity (Wildman–Crippen MR) is 93.0 cm³/mol. The van der Waals surface area contributed by atoms with Crippen molar-refractivity contribution in [2.24, 2.45) is 0 Å². The van der Waals surface area contributed by atoms with Crippen LogP contribution in [-0.2, 0) is 4.79 Å².